The molecule has 0 radical (unpaired) electrons. The summed E-state index contributed by atoms with van der Waals surface area (Å²) in [6.07, 6.45) is 1.95. The Morgan fingerprint density at radius 1 is 0.500 bits per heavy atom. The topological polar surface area (TPSA) is 24.3 Å². The zero-order valence-electron chi connectivity index (χ0n) is 39.5. The van der Waals surface area contributed by atoms with Gasteiger partial charge in [0.2, 0.25) is 0 Å². The second-order valence-corrected chi connectivity index (χ2v) is 21.6. The summed E-state index contributed by atoms with van der Waals surface area (Å²) in [4.78, 5) is 9.71. The van der Waals surface area contributed by atoms with E-state index in [0.29, 0.717) is 0 Å². The van der Waals surface area contributed by atoms with Crippen molar-refractivity contribution in [2.75, 3.05) is 9.80 Å². The standard InChI is InChI=1S/C58H60BN4.Pt/c1-55(2,3)39-19-18-22-46(32-39)61-38-62(53-34-40(56(4,5)6)25-28-51(53)61)47-33-42(58(10,11)12)31-45(36-47)59(43-20-14-13-15-21-43)44-26-27-49-48-23-16-17-24-50(48)63(52(49)37-44)54-35-41(29-30-60-54)57(7,8)9;/h13-35,38H,1-12H3;/q-3;. The van der Waals surface area contributed by atoms with E-state index in [-0.39, 0.29) is 49.4 Å². The number of pyridine rings is 1. The summed E-state index contributed by atoms with van der Waals surface area (Å²) >= 11 is 0. The van der Waals surface area contributed by atoms with Gasteiger partial charge in [-0.15, -0.1) is 23.8 Å². The van der Waals surface area contributed by atoms with Crippen molar-refractivity contribution >= 4 is 67.7 Å². The number of hydrogen-bond donors (Lipinski definition) is 0. The van der Waals surface area contributed by atoms with E-state index in [1.165, 1.54) is 33.1 Å². The molecule has 328 valence electrons. The first-order chi connectivity index (χ1) is 29.8. The van der Waals surface area contributed by atoms with Crippen molar-refractivity contribution in [3.05, 3.63) is 181 Å². The van der Waals surface area contributed by atoms with Gasteiger partial charge in [-0.05, 0) is 86.2 Å². The van der Waals surface area contributed by atoms with Gasteiger partial charge in [0.25, 0.3) is 0 Å². The first kappa shape index (κ1) is 45.2. The van der Waals surface area contributed by atoms with Crippen LogP contribution in [-0.4, -0.2) is 16.3 Å². The summed E-state index contributed by atoms with van der Waals surface area (Å²) in [5.41, 5.74) is 14.9. The molecule has 0 bridgehead atoms. The molecular formula is C58H60BN4Pt-3. The molecule has 0 amide bonds. The maximum absolute atomic E-state index is 4.99. The van der Waals surface area contributed by atoms with Gasteiger partial charge < -0.3 is 14.4 Å². The molecule has 2 aromatic heterocycles. The average molecular weight is 1020 g/mol. The number of fused-ring (bicyclic) bond motifs is 4. The van der Waals surface area contributed by atoms with Gasteiger partial charge in [0, 0.05) is 49.8 Å². The van der Waals surface area contributed by atoms with Gasteiger partial charge >= 0.3 is 0 Å². The van der Waals surface area contributed by atoms with Crippen LogP contribution >= 0.6 is 0 Å². The molecule has 1 aliphatic rings. The summed E-state index contributed by atoms with van der Waals surface area (Å²) in [6, 6.07) is 57.3. The third-order valence-corrected chi connectivity index (χ3v) is 12.8. The molecule has 0 N–H and O–H groups in total. The Bertz CT molecular complexity index is 2990. The second kappa shape index (κ2) is 16.6. The molecule has 9 rings (SSSR count). The molecule has 0 atom stereocenters. The zero-order valence-corrected chi connectivity index (χ0v) is 41.8. The first-order valence-electron chi connectivity index (χ1n) is 22.5. The molecule has 0 saturated heterocycles. The van der Waals surface area contributed by atoms with Gasteiger partial charge in [-0.2, -0.15) is 46.8 Å². The Balaban J connectivity index is 0.00000560. The Morgan fingerprint density at radius 3 is 1.86 bits per heavy atom. The number of aromatic nitrogens is 2. The predicted molar refractivity (Wildman–Crippen MR) is 270 cm³/mol. The smallest absolute Gasteiger partial charge is 0.191 e. The molecule has 3 heterocycles. The van der Waals surface area contributed by atoms with Crippen LogP contribution < -0.4 is 26.2 Å². The number of para-hydroxylation sites is 1. The van der Waals surface area contributed by atoms with Crippen LogP contribution in [0, 0.1) is 18.8 Å². The Kier molecular flexibility index (Phi) is 11.7. The maximum Gasteiger partial charge on any atom is 0.191 e. The Hall–Kier alpha value is -5.38. The fraction of sp³-hybridized carbons (Fsp3) is 0.276. The minimum Gasteiger partial charge on any atom is -0.493 e. The quantitative estimate of drug-likeness (QED) is 0.123. The third kappa shape index (κ3) is 8.49. The van der Waals surface area contributed by atoms with E-state index >= 15 is 0 Å². The van der Waals surface area contributed by atoms with E-state index in [2.05, 4.69) is 250 Å². The minimum absolute atomic E-state index is 0. The number of hydrogen-bond acceptors (Lipinski definition) is 3. The van der Waals surface area contributed by atoms with Crippen molar-refractivity contribution in [3.8, 4) is 5.82 Å². The second-order valence-electron chi connectivity index (χ2n) is 21.6. The number of anilines is 4. The van der Waals surface area contributed by atoms with Crippen molar-refractivity contribution in [2.24, 2.45) is 0 Å². The van der Waals surface area contributed by atoms with Gasteiger partial charge in [-0.1, -0.05) is 161 Å². The summed E-state index contributed by atoms with van der Waals surface area (Å²) in [6.45, 7) is 29.5. The monoisotopic (exact) mass is 1020 g/mol. The normalized spacial score (nSPS) is 13.4. The maximum atomic E-state index is 4.99. The van der Waals surface area contributed by atoms with Gasteiger partial charge in [-0.25, -0.2) is 4.98 Å². The molecule has 4 nitrogen and oxygen atoms in total. The molecule has 0 aliphatic carbocycles. The van der Waals surface area contributed by atoms with Crippen LogP contribution in [0.1, 0.15) is 105 Å². The first-order valence-corrected chi connectivity index (χ1v) is 22.5. The summed E-state index contributed by atoms with van der Waals surface area (Å²) in [7, 11) is 0. The van der Waals surface area contributed by atoms with Crippen molar-refractivity contribution in [3.63, 3.8) is 0 Å². The minimum atomic E-state index is -0.153. The Morgan fingerprint density at radius 2 is 1.16 bits per heavy atom. The number of rotatable bonds is 6. The van der Waals surface area contributed by atoms with E-state index in [1.807, 2.05) is 6.20 Å². The summed E-state index contributed by atoms with van der Waals surface area (Å²) in [5.74, 6) is 0.900. The van der Waals surface area contributed by atoms with Gasteiger partial charge in [-0.3, -0.25) is 0 Å². The van der Waals surface area contributed by atoms with Crippen molar-refractivity contribution < 1.29 is 21.1 Å². The number of nitrogens with zero attached hydrogens (tertiary/aromatic N) is 4. The van der Waals surface area contributed by atoms with Crippen LogP contribution in [0.25, 0.3) is 27.6 Å². The zero-order chi connectivity index (χ0) is 44.6. The summed E-state index contributed by atoms with van der Waals surface area (Å²) < 4.78 is 2.30. The van der Waals surface area contributed by atoms with Crippen molar-refractivity contribution in [1.82, 2.24) is 9.55 Å². The molecule has 8 aromatic rings. The fourth-order valence-corrected chi connectivity index (χ4v) is 8.94. The molecule has 6 heteroatoms. The van der Waals surface area contributed by atoms with Crippen LogP contribution in [0.15, 0.2) is 140 Å². The molecule has 1 aliphatic heterocycles. The van der Waals surface area contributed by atoms with Crippen molar-refractivity contribution in [1.29, 1.82) is 0 Å². The predicted octanol–water partition coefficient (Wildman–Crippen LogP) is 12.9. The SMILES string of the molecule is CC(C)(C)c1cc(B(c2[c-]c3c(cc2)c2ccccc2n3-c2cc(C(C)(C)C)ccn2)c2ccccc2)[c-]c(N2[CH-]N(c3cccc(C(C)(C)C)c3)c3ccc(C(C)(C)C)cc32)c1.[Pt]. The van der Waals surface area contributed by atoms with Gasteiger partial charge in [0.05, 0.1) is 0 Å². The molecule has 0 fully saturated rings. The molecule has 6 aromatic carbocycles. The van der Waals surface area contributed by atoms with E-state index in [1.54, 1.807) is 0 Å². The fourth-order valence-electron chi connectivity index (χ4n) is 8.94. The number of benzene rings is 6. The summed E-state index contributed by atoms with van der Waals surface area (Å²) in [5, 5.41) is 2.35. The largest absolute Gasteiger partial charge is 0.493 e. The van der Waals surface area contributed by atoms with E-state index in [4.69, 9.17) is 4.98 Å². The van der Waals surface area contributed by atoms with Crippen molar-refractivity contribution in [2.45, 2.75) is 105 Å². The van der Waals surface area contributed by atoms with E-state index < -0.39 is 0 Å². The van der Waals surface area contributed by atoms with Crippen LogP contribution in [0.2, 0.25) is 0 Å². The van der Waals surface area contributed by atoms with Crippen LogP contribution in [0.4, 0.5) is 22.7 Å². The molecule has 64 heavy (non-hydrogen) atoms. The molecule has 0 saturated carbocycles. The molecule has 0 spiro atoms. The van der Waals surface area contributed by atoms with Crippen LogP contribution in [0.3, 0.4) is 0 Å². The van der Waals surface area contributed by atoms with E-state index in [0.717, 1.165) is 55.9 Å². The Labute approximate surface area is 397 Å². The molecular weight excluding hydrogens is 959 g/mol. The third-order valence-electron chi connectivity index (χ3n) is 12.8. The average Bonchev–Trinajstić information content (AvgIpc) is 3.79. The van der Waals surface area contributed by atoms with Gasteiger partial charge in [0.1, 0.15) is 5.82 Å². The molecule has 0 unspecified atom stereocenters. The van der Waals surface area contributed by atoms with E-state index in [9.17, 15) is 0 Å². The van der Waals surface area contributed by atoms with Crippen LogP contribution in [0.5, 0.6) is 0 Å². The van der Waals surface area contributed by atoms with Crippen LogP contribution in [-0.2, 0) is 42.7 Å². The van der Waals surface area contributed by atoms with Gasteiger partial charge in [0.15, 0.2) is 6.71 Å².